The highest BCUT2D eigenvalue weighted by atomic mass is 16.6. The van der Waals surface area contributed by atoms with Gasteiger partial charge in [-0.2, -0.15) is 0 Å². The van der Waals surface area contributed by atoms with Crippen molar-refractivity contribution in [1.82, 2.24) is 0 Å². The van der Waals surface area contributed by atoms with E-state index in [1.807, 2.05) is 20.8 Å². The van der Waals surface area contributed by atoms with Crippen molar-refractivity contribution in [3.63, 3.8) is 0 Å². The summed E-state index contributed by atoms with van der Waals surface area (Å²) in [5.41, 5.74) is -1.68. The van der Waals surface area contributed by atoms with Gasteiger partial charge in [0.2, 0.25) is 5.60 Å². The SMILES string of the molecule is CCC(C)C(=O)OC1(C)CC(C)(C)OC1=O. The molecule has 0 bridgehead atoms. The van der Waals surface area contributed by atoms with E-state index in [-0.39, 0.29) is 11.9 Å². The minimum absolute atomic E-state index is 0.187. The number of rotatable bonds is 3. The molecule has 0 N–H and O–H groups in total. The largest absolute Gasteiger partial charge is 0.457 e. The lowest BCUT2D eigenvalue weighted by Gasteiger charge is -2.22. The summed E-state index contributed by atoms with van der Waals surface area (Å²) in [5, 5.41) is 0. The number of hydrogen-bond acceptors (Lipinski definition) is 4. The molecule has 0 amide bonds. The zero-order valence-electron chi connectivity index (χ0n) is 10.6. The fraction of sp³-hybridized carbons (Fsp3) is 0.833. The third kappa shape index (κ3) is 2.54. The van der Waals surface area contributed by atoms with Crippen molar-refractivity contribution in [2.75, 3.05) is 0 Å². The van der Waals surface area contributed by atoms with Gasteiger partial charge in [0.05, 0.1) is 5.92 Å². The molecule has 16 heavy (non-hydrogen) atoms. The molecule has 1 saturated heterocycles. The number of cyclic esters (lactones) is 1. The average molecular weight is 228 g/mol. The van der Waals surface area contributed by atoms with Crippen LogP contribution in [0.4, 0.5) is 0 Å². The highest BCUT2D eigenvalue weighted by molar-refractivity contribution is 5.85. The smallest absolute Gasteiger partial charge is 0.351 e. The summed E-state index contributed by atoms with van der Waals surface area (Å²) in [5.74, 6) is -0.970. The van der Waals surface area contributed by atoms with E-state index < -0.39 is 17.2 Å². The number of carbonyl (C=O) groups excluding carboxylic acids is 2. The first kappa shape index (κ1) is 13.0. The minimum Gasteiger partial charge on any atom is -0.457 e. The summed E-state index contributed by atoms with van der Waals surface area (Å²) in [6, 6.07) is 0. The lowest BCUT2D eigenvalue weighted by atomic mass is 9.94. The van der Waals surface area contributed by atoms with Crippen molar-refractivity contribution < 1.29 is 19.1 Å². The van der Waals surface area contributed by atoms with Crippen molar-refractivity contribution in [3.05, 3.63) is 0 Å². The van der Waals surface area contributed by atoms with Gasteiger partial charge in [-0.3, -0.25) is 4.79 Å². The van der Waals surface area contributed by atoms with Gasteiger partial charge < -0.3 is 9.47 Å². The normalized spacial score (nSPS) is 29.7. The molecule has 0 radical (unpaired) electrons. The highest BCUT2D eigenvalue weighted by Crippen LogP contribution is 2.36. The topological polar surface area (TPSA) is 52.6 Å². The predicted octanol–water partition coefficient (Wildman–Crippen LogP) is 2.06. The molecule has 1 aliphatic heterocycles. The zero-order chi connectivity index (χ0) is 12.6. The Labute approximate surface area is 96.3 Å². The maximum absolute atomic E-state index is 11.7. The molecule has 1 heterocycles. The standard InChI is InChI=1S/C12H20O4/c1-6-8(2)9(13)15-12(5)7-11(3,4)16-10(12)14/h8H,6-7H2,1-5H3. The van der Waals surface area contributed by atoms with Gasteiger partial charge in [-0.1, -0.05) is 13.8 Å². The van der Waals surface area contributed by atoms with E-state index in [2.05, 4.69) is 0 Å². The van der Waals surface area contributed by atoms with Crippen LogP contribution in [0.5, 0.6) is 0 Å². The Morgan fingerprint density at radius 1 is 1.50 bits per heavy atom. The third-order valence-electron chi connectivity index (χ3n) is 2.90. The molecule has 1 aliphatic rings. The van der Waals surface area contributed by atoms with Crippen molar-refractivity contribution in [1.29, 1.82) is 0 Å². The molecule has 2 unspecified atom stereocenters. The lowest BCUT2D eigenvalue weighted by molar-refractivity contribution is -0.174. The molecule has 0 aromatic heterocycles. The molecule has 0 saturated carbocycles. The van der Waals surface area contributed by atoms with E-state index in [0.717, 1.165) is 0 Å². The number of hydrogen-bond donors (Lipinski definition) is 0. The minimum atomic E-state index is -1.12. The second-order valence-corrected chi connectivity index (χ2v) is 5.29. The van der Waals surface area contributed by atoms with Crippen LogP contribution in [0.25, 0.3) is 0 Å². The first-order valence-electron chi connectivity index (χ1n) is 5.66. The fourth-order valence-electron chi connectivity index (χ4n) is 1.85. The molecule has 0 aromatic rings. The zero-order valence-corrected chi connectivity index (χ0v) is 10.6. The van der Waals surface area contributed by atoms with Crippen molar-refractivity contribution in [2.45, 2.75) is 58.7 Å². The second kappa shape index (κ2) is 4.07. The monoisotopic (exact) mass is 228 g/mol. The Morgan fingerprint density at radius 3 is 2.44 bits per heavy atom. The molecule has 0 aliphatic carbocycles. The van der Waals surface area contributed by atoms with Crippen molar-refractivity contribution >= 4 is 11.9 Å². The maximum atomic E-state index is 11.7. The van der Waals surface area contributed by atoms with Crippen LogP contribution in [-0.2, 0) is 19.1 Å². The first-order valence-corrected chi connectivity index (χ1v) is 5.66. The quantitative estimate of drug-likeness (QED) is 0.694. The second-order valence-electron chi connectivity index (χ2n) is 5.29. The summed E-state index contributed by atoms with van der Waals surface area (Å²) in [4.78, 5) is 23.3. The van der Waals surface area contributed by atoms with E-state index in [0.29, 0.717) is 12.8 Å². The highest BCUT2D eigenvalue weighted by Gasteiger charge is 2.52. The third-order valence-corrected chi connectivity index (χ3v) is 2.90. The van der Waals surface area contributed by atoms with E-state index in [9.17, 15) is 9.59 Å². The van der Waals surface area contributed by atoms with E-state index in [4.69, 9.17) is 9.47 Å². The van der Waals surface area contributed by atoms with Crippen LogP contribution in [-0.4, -0.2) is 23.1 Å². The molecular weight excluding hydrogens is 208 g/mol. The summed E-state index contributed by atoms with van der Waals surface area (Å²) in [6.45, 7) is 8.94. The van der Waals surface area contributed by atoms with E-state index >= 15 is 0 Å². The Balaban J connectivity index is 2.73. The summed E-state index contributed by atoms with van der Waals surface area (Å²) < 4.78 is 10.4. The molecular formula is C12H20O4. The Bertz CT molecular complexity index is 308. The Kier molecular flexibility index (Phi) is 3.31. The number of esters is 2. The van der Waals surface area contributed by atoms with Crippen LogP contribution in [0.3, 0.4) is 0 Å². The molecule has 2 atom stereocenters. The average Bonchev–Trinajstić information content (AvgIpc) is 2.33. The van der Waals surface area contributed by atoms with Gasteiger partial charge in [0, 0.05) is 6.42 Å². The van der Waals surface area contributed by atoms with Crippen LogP contribution < -0.4 is 0 Å². The van der Waals surface area contributed by atoms with Gasteiger partial charge in [-0.15, -0.1) is 0 Å². The number of ether oxygens (including phenoxy) is 2. The van der Waals surface area contributed by atoms with Crippen LogP contribution >= 0.6 is 0 Å². The molecule has 0 spiro atoms. The Hall–Kier alpha value is -1.06. The van der Waals surface area contributed by atoms with Crippen molar-refractivity contribution in [2.24, 2.45) is 5.92 Å². The maximum Gasteiger partial charge on any atom is 0.351 e. The summed E-state index contributed by atoms with van der Waals surface area (Å²) >= 11 is 0. The molecule has 1 fully saturated rings. The van der Waals surface area contributed by atoms with Crippen LogP contribution in [0.2, 0.25) is 0 Å². The fourth-order valence-corrected chi connectivity index (χ4v) is 1.85. The molecule has 4 nitrogen and oxygen atoms in total. The first-order chi connectivity index (χ1) is 7.20. The van der Waals surface area contributed by atoms with E-state index in [1.165, 1.54) is 0 Å². The van der Waals surface area contributed by atoms with Crippen molar-refractivity contribution in [3.8, 4) is 0 Å². The number of carbonyl (C=O) groups is 2. The summed E-state index contributed by atoms with van der Waals surface area (Å²) in [6.07, 6.45) is 1.11. The summed E-state index contributed by atoms with van der Waals surface area (Å²) in [7, 11) is 0. The van der Waals surface area contributed by atoms with Crippen LogP contribution in [0.1, 0.15) is 47.5 Å². The van der Waals surface area contributed by atoms with Gasteiger partial charge >= 0.3 is 11.9 Å². The van der Waals surface area contributed by atoms with Crippen LogP contribution in [0, 0.1) is 5.92 Å². The van der Waals surface area contributed by atoms with E-state index in [1.54, 1.807) is 13.8 Å². The van der Waals surface area contributed by atoms with Gasteiger partial charge in [-0.05, 0) is 27.2 Å². The molecule has 0 aromatic carbocycles. The van der Waals surface area contributed by atoms with Gasteiger partial charge in [-0.25, -0.2) is 4.79 Å². The molecule has 92 valence electrons. The van der Waals surface area contributed by atoms with Gasteiger partial charge in [0.25, 0.3) is 0 Å². The molecule has 4 heteroatoms. The van der Waals surface area contributed by atoms with Crippen LogP contribution in [0.15, 0.2) is 0 Å². The molecule has 1 rings (SSSR count). The van der Waals surface area contributed by atoms with Gasteiger partial charge in [0.15, 0.2) is 0 Å². The lowest BCUT2D eigenvalue weighted by Crippen LogP contribution is -2.38. The van der Waals surface area contributed by atoms with Gasteiger partial charge in [0.1, 0.15) is 5.60 Å². The Morgan fingerprint density at radius 2 is 2.06 bits per heavy atom. The predicted molar refractivity (Wildman–Crippen MR) is 58.7 cm³/mol.